The summed E-state index contributed by atoms with van der Waals surface area (Å²) in [5, 5.41) is 0. The molecule has 2 atom stereocenters. The molecule has 0 amide bonds. The molecular weight excluding hydrogens is 653 g/mol. The third kappa shape index (κ3) is 8.56. The molecule has 52 heavy (non-hydrogen) atoms. The monoisotopic (exact) mass is 710 g/mol. The van der Waals surface area contributed by atoms with Crippen LogP contribution < -0.4 is 0 Å². The second kappa shape index (κ2) is 15.2. The number of H-pyrrole nitrogens is 2. The maximum absolute atomic E-state index is 13.9. The zero-order chi connectivity index (χ0) is 38.1. The Bertz CT molecular complexity index is 2070. The fourth-order valence-corrected chi connectivity index (χ4v) is 6.99. The van der Waals surface area contributed by atoms with Crippen LogP contribution in [0.5, 0.6) is 0 Å². The van der Waals surface area contributed by atoms with Crippen molar-refractivity contribution in [3.05, 3.63) is 75.9 Å². The van der Waals surface area contributed by atoms with Crippen molar-refractivity contribution < 1.29 is 28.0 Å². The maximum Gasteiger partial charge on any atom is 0.340 e. The Labute approximate surface area is 308 Å². The third-order valence-electron chi connectivity index (χ3n) is 10.4. The number of allylic oxidation sites excluding steroid dienone is 2. The first-order valence-electron chi connectivity index (χ1n) is 18.4. The first-order valence-corrected chi connectivity index (χ1v) is 18.4. The molecule has 10 nitrogen and oxygen atoms in total. The summed E-state index contributed by atoms with van der Waals surface area (Å²) in [6.45, 7) is 16.7. The molecule has 3 aromatic heterocycles. The quantitative estimate of drug-likeness (QED) is 0.147. The molecule has 8 bridgehead atoms. The van der Waals surface area contributed by atoms with Gasteiger partial charge in [-0.2, -0.15) is 0 Å². The van der Waals surface area contributed by atoms with Crippen molar-refractivity contribution in [2.24, 2.45) is 0 Å². The van der Waals surface area contributed by atoms with E-state index in [1.807, 2.05) is 25.1 Å². The number of rotatable bonds is 12. The average Bonchev–Trinajstić information content (AvgIpc) is 3.71. The lowest BCUT2D eigenvalue weighted by Crippen LogP contribution is -2.38. The number of hydrogen-bond acceptors (Lipinski definition) is 6. The van der Waals surface area contributed by atoms with Gasteiger partial charge in [-0.1, -0.05) is 26.5 Å². The van der Waals surface area contributed by atoms with Crippen LogP contribution in [0, 0.1) is 13.8 Å². The fraction of sp³-hybridized carbons (Fsp3) is 0.476. The standard InChI is InChI=1S/C42H57N6O4/c1-13-29-25(3)32-21-33-27(5)31(15-16-40(49)51-19-17-47(7,8)9)38(45-33)24-39-41(42(50)52-20-18-48(10,11)12)28(6)35(46-39)23-37-30(14-2)26(4)34(44-37)22-36(29)43-32/h13,21-24,27,31H,1,14-20H2,2-12H3,(H-,43,44,45,46,50)/q+1/p+1/t27-,31-/m0/s1. The fourth-order valence-electron chi connectivity index (χ4n) is 6.99. The van der Waals surface area contributed by atoms with Gasteiger partial charge in [0.15, 0.2) is 0 Å². The third-order valence-corrected chi connectivity index (χ3v) is 10.4. The van der Waals surface area contributed by atoms with Crippen LogP contribution in [0.25, 0.3) is 39.3 Å². The van der Waals surface area contributed by atoms with E-state index in [2.05, 4.69) is 98.7 Å². The Kier molecular flexibility index (Phi) is 11.3. The highest BCUT2D eigenvalue weighted by atomic mass is 16.5. The van der Waals surface area contributed by atoms with Crippen LogP contribution in [0.1, 0.15) is 102 Å². The van der Waals surface area contributed by atoms with E-state index in [1.165, 1.54) is 0 Å². The van der Waals surface area contributed by atoms with Crippen molar-refractivity contribution in [2.75, 3.05) is 68.6 Å². The number of ether oxygens (including phenoxy) is 2. The van der Waals surface area contributed by atoms with E-state index in [-0.39, 0.29) is 30.2 Å². The van der Waals surface area contributed by atoms with Gasteiger partial charge in [-0.15, -0.1) is 0 Å². The van der Waals surface area contributed by atoms with E-state index in [0.717, 1.165) is 84.6 Å². The number of aromatic nitrogens is 4. The zero-order valence-corrected chi connectivity index (χ0v) is 33.1. The van der Waals surface area contributed by atoms with E-state index in [4.69, 9.17) is 19.4 Å². The van der Waals surface area contributed by atoms with Gasteiger partial charge >= 0.3 is 11.9 Å². The van der Waals surface area contributed by atoms with Crippen LogP contribution in [-0.4, -0.2) is 109 Å². The first-order chi connectivity index (χ1) is 24.4. The Morgan fingerprint density at radius 3 is 2.04 bits per heavy atom. The zero-order valence-electron chi connectivity index (χ0n) is 33.1. The van der Waals surface area contributed by atoms with E-state index in [1.54, 1.807) is 0 Å². The number of carbonyl (C=O) groups excluding carboxylic acids is 2. The van der Waals surface area contributed by atoms with E-state index in [9.17, 15) is 9.59 Å². The van der Waals surface area contributed by atoms with Crippen LogP contribution in [0.4, 0.5) is 0 Å². The molecule has 5 rings (SSSR count). The van der Waals surface area contributed by atoms with Crippen LogP contribution in [-0.2, 0) is 14.3 Å². The molecular formula is C42H58N6O4+2. The van der Waals surface area contributed by atoms with Crippen LogP contribution in [0.3, 0.4) is 0 Å². The van der Waals surface area contributed by atoms with Gasteiger partial charge in [0.05, 0.1) is 64.8 Å². The molecule has 2 aliphatic heterocycles. The predicted octanol–water partition coefficient (Wildman–Crippen LogP) is 7.70. The molecule has 278 valence electrons. The van der Waals surface area contributed by atoms with Gasteiger partial charge in [0, 0.05) is 51.8 Å². The van der Waals surface area contributed by atoms with E-state index >= 15 is 0 Å². The molecule has 2 N–H and O–H groups in total. The highest BCUT2D eigenvalue weighted by molar-refractivity contribution is 6.02. The molecule has 0 aliphatic carbocycles. The number of nitrogens with zero attached hydrogens (tertiary/aromatic N) is 4. The molecule has 10 heteroatoms. The molecule has 0 fully saturated rings. The number of aromatic amines is 2. The van der Waals surface area contributed by atoms with Gasteiger partial charge < -0.3 is 28.4 Å². The molecule has 0 saturated carbocycles. The van der Waals surface area contributed by atoms with E-state index in [0.29, 0.717) is 41.7 Å². The number of carbonyl (C=O) groups is 2. The van der Waals surface area contributed by atoms with Gasteiger partial charge in [-0.3, -0.25) is 9.78 Å². The van der Waals surface area contributed by atoms with E-state index < -0.39 is 0 Å². The smallest absolute Gasteiger partial charge is 0.340 e. The number of aryl methyl sites for hydroxylation is 2. The number of likely N-dealkylation sites (N-methyl/N-ethyl adjacent to an activating group) is 2. The molecule has 0 spiro atoms. The average molecular weight is 711 g/mol. The molecule has 3 aromatic rings. The molecule has 0 unspecified atom stereocenters. The first kappa shape index (κ1) is 38.7. The summed E-state index contributed by atoms with van der Waals surface area (Å²) in [6.07, 6.45) is 3.51. The van der Waals surface area contributed by atoms with Gasteiger partial charge in [0.25, 0.3) is 0 Å². The predicted molar refractivity (Wildman–Crippen MR) is 211 cm³/mol. The maximum atomic E-state index is 13.9. The minimum absolute atomic E-state index is 0.00133. The molecule has 0 aromatic carbocycles. The summed E-state index contributed by atoms with van der Waals surface area (Å²) in [5.74, 6) is -0.685. The minimum atomic E-state index is -0.381. The molecule has 5 heterocycles. The second-order valence-corrected chi connectivity index (χ2v) is 16.3. The summed E-state index contributed by atoms with van der Waals surface area (Å²) in [6, 6.07) is 8.22. The summed E-state index contributed by atoms with van der Waals surface area (Å²) in [5.41, 5.74) is 12.4. The topological polar surface area (TPSA) is 110 Å². The SMILES string of the molecule is C=Cc1c(C)c2cc3nc(cc4[nH]c(cc5nc(cc1[nH]2)C(C)=C5CC)c(C)c4C(=O)OCC[N+](C)(C)C)[C@@H](CCC(=O)OCC[N+](C)(C)C)[C@@H]3C. The van der Waals surface area contributed by atoms with Crippen LogP contribution >= 0.6 is 0 Å². The normalized spacial score (nSPS) is 16.3. The minimum Gasteiger partial charge on any atom is -0.460 e. The van der Waals surface area contributed by atoms with Crippen molar-refractivity contribution in [1.82, 2.24) is 19.9 Å². The lowest BCUT2D eigenvalue weighted by molar-refractivity contribution is -0.870. The van der Waals surface area contributed by atoms with Crippen molar-refractivity contribution in [3.63, 3.8) is 0 Å². The highest BCUT2D eigenvalue weighted by Gasteiger charge is 2.30. The Balaban J connectivity index is 1.73. The summed E-state index contributed by atoms with van der Waals surface area (Å²) < 4.78 is 12.9. The number of quaternary nitrogens is 2. The Hall–Kier alpha value is -4.54. The van der Waals surface area contributed by atoms with Gasteiger partial charge in [-0.05, 0) is 80.2 Å². The van der Waals surface area contributed by atoms with Gasteiger partial charge in [-0.25, -0.2) is 9.78 Å². The lowest BCUT2D eigenvalue weighted by atomic mass is 9.87. The Morgan fingerprint density at radius 1 is 0.808 bits per heavy atom. The largest absolute Gasteiger partial charge is 0.460 e. The van der Waals surface area contributed by atoms with Crippen molar-refractivity contribution in [1.29, 1.82) is 0 Å². The summed E-state index contributed by atoms with van der Waals surface area (Å²) in [7, 11) is 12.4. The lowest BCUT2D eigenvalue weighted by Gasteiger charge is -2.23. The second-order valence-electron chi connectivity index (χ2n) is 16.3. The Morgan fingerprint density at radius 2 is 1.40 bits per heavy atom. The van der Waals surface area contributed by atoms with Crippen molar-refractivity contribution in [3.8, 4) is 0 Å². The molecule has 0 saturated heterocycles. The van der Waals surface area contributed by atoms with Gasteiger partial charge in [0.2, 0.25) is 0 Å². The van der Waals surface area contributed by atoms with Crippen LogP contribution in [0.2, 0.25) is 0 Å². The highest BCUT2D eigenvalue weighted by Crippen LogP contribution is 2.41. The van der Waals surface area contributed by atoms with Gasteiger partial charge in [0.1, 0.15) is 26.3 Å². The number of nitrogens with one attached hydrogen (secondary N) is 2. The number of esters is 2. The number of fused-ring (bicyclic) bond motifs is 8. The molecule has 0 radical (unpaired) electrons. The van der Waals surface area contributed by atoms with Crippen molar-refractivity contribution >= 4 is 51.2 Å². The summed E-state index contributed by atoms with van der Waals surface area (Å²) >= 11 is 0. The van der Waals surface area contributed by atoms with Crippen molar-refractivity contribution in [2.45, 2.75) is 65.7 Å². The molecule has 2 aliphatic rings. The number of hydrogen-bond donors (Lipinski definition) is 2. The summed E-state index contributed by atoms with van der Waals surface area (Å²) in [4.78, 5) is 44.4. The van der Waals surface area contributed by atoms with Crippen LogP contribution in [0.15, 0.2) is 30.8 Å².